The average molecular weight is 405 g/mol. The lowest BCUT2D eigenvalue weighted by Gasteiger charge is -2.30. The van der Waals surface area contributed by atoms with E-state index < -0.39 is 12.1 Å². The number of hydrogen-bond acceptors (Lipinski definition) is 3. The van der Waals surface area contributed by atoms with Crippen LogP contribution in [0, 0.1) is 17.8 Å². The third-order valence-electron chi connectivity index (χ3n) is 7.35. The fraction of sp³-hybridized carbons (Fsp3) is 0.440. The molecule has 2 aromatic rings. The van der Waals surface area contributed by atoms with Crippen molar-refractivity contribution < 1.29 is 19.4 Å². The Bertz CT molecular complexity index is 926. The molecule has 2 bridgehead atoms. The largest absolute Gasteiger partial charge is 0.481 e. The van der Waals surface area contributed by atoms with Crippen LogP contribution in [0.2, 0.25) is 0 Å². The van der Waals surface area contributed by atoms with Gasteiger partial charge in [0.25, 0.3) is 0 Å². The smallest absolute Gasteiger partial charge is 0.407 e. The van der Waals surface area contributed by atoms with E-state index in [2.05, 4.69) is 29.6 Å². The quantitative estimate of drug-likeness (QED) is 0.724. The highest BCUT2D eigenvalue weighted by atomic mass is 16.5. The molecule has 30 heavy (non-hydrogen) atoms. The molecule has 5 heteroatoms. The van der Waals surface area contributed by atoms with Crippen LogP contribution in [0.15, 0.2) is 48.5 Å². The minimum absolute atomic E-state index is 0.00330. The molecular formula is C25H27NO4. The normalized spacial score (nSPS) is 24.9. The number of rotatable bonds is 6. The number of benzene rings is 2. The first-order chi connectivity index (χ1) is 14.6. The minimum atomic E-state index is -0.873. The van der Waals surface area contributed by atoms with Crippen LogP contribution in [0.4, 0.5) is 4.79 Å². The Kier molecular flexibility index (Phi) is 4.97. The van der Waals surface area contributed by atoms with Crippen LogP contribution in [-0.2, 0) is 9.53 Å². The lowest BCUT2D eigenvalue weighted by molar-refractivity contribution is -0.138. The maximum Gasteiger partial charge on any atom is 0.407 e. The summed E-state index contributed by atoms with van der Waals surface area (Å²) in [6.07, 6.45) is 4.03. The van der Waals surface area contributed by atoms with Crippen molar-refractivity contribution in [3.8, 4) is 11.1 Å². The van der Waals surface area contributed by atoms with Gasteiger partial charge in [0.2, 0.25) is 0 Å². The molecule has 5 nitrogen and oxygen atoms in total. The summed E-state index contributed by atoms with van der Waals surface area (Å²) in [4.78, 5) is 24.1. The van der Waals surface area contributed by atoms with Gasteiger partial charge in [0, 0.05) is 12.0 Å². The van der Waals surface area contributed by atoms with Crippen molar-refractivity contribution in [2.45, 2.75) is 44.1 Å². The van der Waals surface area contributed by atoms with Crippen LogP contribution >= 0.6 is 0 Å². The number of carbonyl (C=O) groups excluding carboxylic acids is 1. The van der Waals surface area contributed by atoms with Gasteiger partial charge in [-0.05, 0) is 59.3 Å². The van der Waals surface area contributed by atoms with Crippen molar-refractivity contribution in [1.29, 1.82) is 0 Å². The van der Waals surface area contributed by atoms with Gasteiger partial charge in [0.05, 0.1) is 6.42 Å². The third-order valence-corrected chi connectivity index (χ3v) is 7.35. The second kappa shape index (κ2) is 7.78. The van der Waals surface area contributed by atoms with E-state index in [4.69, 9.17) is 4.74 Å². The number of carbonyl (C=O) groups is 2. The Labute approximate surface area is 176 Å². The first kappa shape index (κ1) is 19.2. The number of carboxylic acids is 1. The van der Waals surface area contributed by atoms with E-state index in [1.165, 1.54) is 35.1 Å². The van der Waals surface area contributed by atoms with Crippen molar-refractivity contribution in [2.75, 3.05) is 6.61 Å². The van der Waals surface area contributed by atoms with Gasteiger partial charge in [-0.25, -0.2) is 4.79 Å². The number of hydrogen-bond donors (Lipinski definition) is 2. The summed E-state index contributed by atoms with van der Waals surface area (Å²) in [5.74, 6) is 0.611. The second-order valence-corrected chi connectivity index (χ2v) is 9.01. The molecule has 0 heterocycles. The summed E-state index contributed by atoms with van der Waals surface area (Å²) >= 11 is 0. The number of fused-ring (bicyclic) bond motifs is 5. The molecule has 4 atom stereocenters. The molecule has 0 aliphatic heterocycles. The van der Waals surface area contributed by atoms with E-state index in [9.17, 15) is 14.7 Å². The molecule has 2 fully saturated rings. The van der Waals surface area contributed by atoms with Crippen molar-refractivity contribution >= 4 is 12.1 Å². The first-order valence-electron chi connectivity index (χ1n) is 10.9. The van der Waals surface area contributed by atoms with E-state index in [1.54, 1.807) is 0 Å². The predicted octanol–water partition coefficient (Wildman–Crippen LogP) is 4.80. The number of carboxylic acid groups (broad SMARTS) is 1. The standard InChI is InChI=1S/C25H27NO4/c27-24(28)13-23(21-12-15-9-10-16(21)11-15)26-25(29)30-14-22-19-7-3-1-5-17(19)18-6-2-4-8-20(18)22/h1-8,15-16,21-23H,9-14H2,(H,26,29)(H,27,28)/t15?,16?,21?,23-/m1/s1. The Hall–Kier alpha value is -2.82. The number of alkyl carbamates (subject to hydrolysis) is 1. The highest BCUT2D eigenvalue weighted by molar-refractivity contribution is 5.79. The van der Waals surface area contributed by atoms with Crippen molar-refractivity contribution in [1.82, 2.24) is 5.32 Å². The van der Waals surface area contributed by atoms with Crippen LogP contribution in [0.1, 0.15) is 49.1 Å². The molecule has 156 valence electrons. The Morgan fingerprint density at radius 3 is 2.23 bits per heavy atom. The fourth-order valence-electron chi connectivity index (χ4n) is 6.08. The summed E-state index contributed by atoms with van der Waals surface area (Å²) in [5.41, 5.74) is 4.71. The second-order valence-electron chi connectivity index (χ2n) is 9.01. The number of aliphatic carboxylic acids is 1. The van der Waals surface area contributed by atoms with Crippen molar-refractivity contribution in [3.05, 3.63) is 59.7 Å². The SMILES string of the molecule is O=C(O)C[C@@H](NC(=O)OCC1c2ccccc2-c2ccccc21)C1CC2CCC1C2. The summed E-state index contributed by atoms with van der Waals surface area (Å²) < 4.78 is 5.65. The molecule has 3 aliphatic carbocycles. The molecule has 0 saturated heterocycles. The van der Waals surface area contributed by atoms with Gasteiger partial charge in [-0.3, -0.25) is 4.79 Å². The van der Waals surface area contributed by atoms with E-state index in [0.29, 0.717) is 11.8 Å². The zero-order valence-corrected chi connectivity index (χ0v) is 16.9. The molecule has 0 aromatic heterocycles. The monoisotopic (exact) mass is 405 g/mol. The lowest BCUT2D eigenvalue weighted by atomic mass is 9.82. The van der Waals surface area contributed by atoms with Crippen LogP contribution < -0.4 is 5.32 Å². The summed E-state index contributed by atoms with van der Waals surface area (Å²) in [5, 5.41) is 12.3. The van der Waals surface area contributed by atoms with Gasteiger partial charge in [-0.2, -0.15) is 0 Å². The first-order valence-corrected chi connectivity index (χ1v) is 10.9. The molecule has 0 spiro atoms. The van der Waals surface area contributed by atoms with Crippen LogP contribution in [0.25, 0.3) is 11.1 Å². The van der Waals surface area contributed by atoms with Crippen molar-refractivity contribution in [2.24, 2.45) is 17.8 Å². The van der Waals surface area contributed by atoms with E-state index >= 15 is 0 Å². The zero-order valence-electron chi connectivity index (χ0n) is 16.9. The number of nitrogens with one attached hydrogen (secondary N) is 1. The van der Waals surface area contributed by atoms with Crippen LogP contribution in [-0.4, -0.2) is 29.8 Å². The number of amides is 1. The van der Waals surface area contributed by atoms with Crippen molar-refractivity contribution in [3.63, 3.8) is 0 Å². The van der Waals surface area contributed by atoms with Crippen LogP contribution in [0.3, 0.4) is 0 Å². The maximum absolute atomic E-state index is 12.7. The lowest BCUT2D eigenvalue weighted by Crippen LogP contribution is -2.44. The molecule has 2 aromatic carbocycles. The van der Waals surface area contributed by atoms with E-state index in [0.717, 1.165) is 12.8 Å². The minimum Gasteiger partial charge on any atom is -0.481 e. The average Bonchev–Trinajstić information content (AvgIpc) is 3.45. The Balaban J connectivity index is 1.27. The summed E-state index contributed by atoms with van der Waals surface area (Å²) in [6, 6.07) is 16.1. The maximum atomic E-state index is 12.7. The Morgan fingerprint density at radius 2 is 1.67 bits per heavy atom. The van der Waals surface area contributed by atoms with Gasteiger partial charge in [0.15, 0.2) is 0 Å². The zero-order chi connectivity index (χ0) is 20.7. The Morgan fingerprint density at radius 1 is 1.00 bits per heavy atom. The van der Waals surface area contributed by atoms with Gasteiger partial charge < -0.3 is 15.2 Å². The molecule has 2 N–H and O–H groups in total. The van der Waals surface area contributed by atoms with Crippen LogP contribution in [0.5, 0.6) is 0 Å². The highest BCUT2D eigenvalue weighted by Gasteiger charge is 2.44. The molecule has 0 radical (unpaired) electrons. The van der Waals surface area contributed by atoms with Gasteiger partial charge in [0.1, 0.15) is 6.61 Å². The molecule has 2 saturated carbocycles. The molecule has 3 aliphatic rings. The molecule has 5 rings (SSSR count). The van der Waals surface area contributed by atoms with Gasteiger partial charge >= 0.3 is 12.1 Å². The van der Waals surface area contributed by atoms with E-state index in [1.807, 2.05) is 24.3 Å². The predicted molar refractivity (Wildman–Crippen MR) is 113 cm³/mol. The van der Waals surface area contributed by atoms with Gasteiger partial charge in [-0.15, -0.1) is 0 Å². The van der Waals surface area contributed by atoms with E-state index in [-0.39, 0.29) is 30.9 Å². The fourth-order valence-corrected chi connectivity index (χ4v) is 6.08. The molecule has 3 unspecified atom stereocenters. The van der Waals surface area contributed by atoms with Gasteiger partial charge in [-0.1, -0.05) is 55.0 Å². The highest BCUT2D eigenvalue weighted by Crippen LogP contribution is 2.50. The molecular weight excluding hydrogens is 378 g/mol. The third kappa shape index (κ3) is 3.47. The summed E-state index contributed by atoms with van der Waals surface area (Å²) in [6.45, 7) is 0.246. The molecule has 1 amide bonds. The summed E-state index contributed by atoms with van der Waals surface area (Å²) in [7, 11) is 0. The number of ether oxygens (including phenoxy) is 1. The topological polar surface area (TPSA) is 75.6 Å².